The van der Waals surface area contributed by atoms with E-state index in [-0.39, 0.29) is 0 Å². The van der Waals surface area contributed by atoms with Gasteiger partial charge in [-0.15, -0.1) is 0 Å². The minimum absolute atomic E-state index is 0.416. The van der Waals surface area contributed by atoms with Gasteiger partial charge in [0.1, 0.15) is 5.82 Å². The molecule has 0 spiro atoms. The van der Waals surface area contributed by atoms with Gasteiger partial charge in [0.2, 0.25) is 0 Å². The van der Waals surface area contributed by atoms with E-state index in [9.17, 15) is 4.79 Å². The Morgan fingerprint density at radius 2 is 1.83 bits per heavy atom. The highest BCUT2D eigenvalue weighted by Gasteiger charge is 2.51. The first-order chi connectivity index (χ1) is 11.2. The van der Waals surface area contributed by atoms with Crippen molar-refractivity contribution < 1.29 is 18.8 Å². The molecule has 0 amide bonds. The number of imidazole rings is 1. The van der Waals surface area contributed by atoms with Gasteiger partial charge in [-0.2, -0.15) is 0 Å². The topological polar surface area (TPSA) is 73.4 Å². The van der Waals surface area contributed by atoms with Crippen LogP contribution in [0.15, 0.2) is 30.6 Å². The fourth-order valence-electron chi connectivity index (χ4n) is 2.56. The molecule has 3 rings (SSSR count). The summed E-state index contributed by atoms with van der Waals surface area (Å²) >= 11 is 0. The van der Waals surface area contributed by atoms with Crippen molar-refractivity contribution in [2.45, 2.75) is 38.9 Å². The molecular formula is C17H21BN2O4. The summed E-state index contributed by atoms with van der Waals surface area (Å²) in [5.74, 6) is 0.250. The molecule has 7 heteroatoms. The molecule has 0 saturated carbocycles. The van der Waals surface area contributed by atoms with E-state index in [0.717, 1.165) is 11.0 Å². The number of ether oxygens (including phenoxy) is 1. The molecule has 1 aromatic carbocycles. The highest BCUT2D eigenvalue weighted by Crippen LogP contribution is 2.36. The van der Waals surface area contributed by atoms with Gasteiger partial charge >= 0.3 is 13.1 Å². The minimum atomic E-state index is -0.562. The van der Waals surface area contributed by atoms with Crippen molar-refractivity contribution in [3.05, 3.63) is 36.2 Å². The van der Waals surface area contributed by atoms with Gasteiger partial charge in [-0.1, -0.05) is 6.07 Å². The maximum atomic E-state index is 12.0. The van der Waals surface area contributed by atoms with Crippen LogP contribution in [0.1, 0.15) is 38.1 Å². The molecule has 1 aromatic heterocycles. The van der Waals surface area contributed by atoms with Gasteiger partial charge in [-0.25, -0.2) is 9.78 Å². The zero-order valence-corrected chi connectivity index (χ0v) is 14.5. The van der Waals surface area contributed by atoms with Crippen LogP contribution in [0, 0.1) is 0 Å². The van der Waals surface area contributed by atoms with E-state index >= 15 is 0 Å². The second kappa shape index (κ2) is 5.75. The fraction of sp³-hybridized carbons (Fsp3) is 0.412. The van der Waals surface area contributed by atoms with Crippen LogP contribution in [0.2, 0.25) is 0 Å². The Morgan fingerprint density at radius 1 is 1.17 bits per heavy atom. The van der Waals surface area contributed by atoms with E-state index in [0.29, 0.717) is 11.4 Å². The highest BCUT2D eigenvalue weighted by molar-refractivity contribution is 6.62. The van der Waals surface area contributed by atoms with Crippen LogP contribution in [-0.2, 0) is 14.0 Å². The number of nitrogens with one attached hydrogen (secondary N) is 1. The van der Waals surface area contributed by atoms with Crippen molar-refractivity contribution >= 4 is 18.6 Å². The molecule has 0 bridgehead atoms. The second-order valence-corrected chi connectivity index (χ2v) is 6.86. The van der Waals surface area contributed by atoms with Crippen LogP contribution in [-0.4, -0.2) is 41.4 Å². The first-order valence-electron chi connectivity index (χ1n) is 7.82. The lowest BCUT2D eigenvalue weighted by Gasteiger charge is -2.32. The summed E-state index contributed by atoms with van der Waals surface area (Å²) in [6, 6.07) is 5.38. The largest absolute Gasteiger partial charge is 0.494 e. The SMILES string of the molecule is COC(=O)c1cc(B2OC(C)(C)C(C)(C)O2)cc(-c2ncc[nH]2)c1. The molecule has 6 nitrogen and oxygen atoms in total. The third kappa shape index (κ3) is 2.85. The molecule has 1 fully saturated rings. The monoisotopic (exact) mass is 328 g/mol. The maximum absolute atomic E-state index is 12.0. The van der Waals surface area contributed by atoms with E-state index in [1.807, 2.05) is 33.8 Å². The average Bonchev–Trinajstić information content (AvgIpc) is 3.13. The number of H-pyrrole nitrogens is 1. The third-order valence-corrected chi connectivity index (χ3v) is 4.67. The van der Waals surface area contributed by atoms with Crippen molar-refractivity contribution in [3.8, 4) is 11.4 Å². The Labute approximate surface area is 141 Å². The predicted octanol–water partition coefficient (Wildman–Crippen LogP) is 2.16. The van der Waals surface area contributed by atoms with Gasteiger partial charge in [0.15, 0.2) is 0 Å². The van der Waals surface area contributed by atoms with Gasteiger partial charge in [0.25, 0.3) is 0 Å². The van der Waals surface area contributed by atoms with Crippen molar-refractivity contribution in [1.82, 2.24) is 9.97 Å². The van der Waals surface area contributed by atoms with Crippen LogP contribution in [0.3, 0.4) is 0 Å². The van der Waals surface area contributed by atoms with E-state index < -0.39 is 24.3 Å². The van der Waals surface area contributed by atoms with Crippen LogP contribution in [0.5, 0.6) is 0 Å². The number of aromatic amines is 1. The van der Waals surface area contributed by atoms with Crippen LogP contribution >= 0.6 is 0 Å². The summed E-state index contributed by atoms with van der Waals surface area (Å²) < 4.78 is 17.0. The molecule has 1 N–H and O–H groups in total. The predicted molar refractivity (Wildman–Crippen MR) is 91.1 cm³/mol. The summed E-state index contributed by atoms with van der Waals surface area (Å²) in [4.78, 5) is 19.3. The number of nitrogens with zero attached hydrogens (tertiary/aromatic N) is 1. The minimum Gasteiger partial charge on any atom is -0.465 e. The summed E-state index contributed by atoms with van der Waals surface area (Å²) in [6.07, 6.45) is 3.39. The van der Waals surface area contributed by atoms with E-state index in [1.54, 1.807) is 24.5 Å². The summed E-state index contributed by atoms with van der Waals surface area (Å²) in [7, 11) is 0.796. The van der Waals surface area contributed by atoms with Crippen LogP contribution in [0.25, 0.3) is 11.4 Å². The standard InChI is InChI=1S/C17H21BN2O4/c1-16(2)17(3,4)24-18(23-16)13-9-11(14-19-6-7-20-14)8-12(10-13)15(21)22-5/h6-10H,1-5H3,(H,19,20). The number of aromatic nitrogens is 2. The smallest absolute Gasteiger partial charge is 0.465 e. The number of hydrogen-bond donors (Lipinski definition) is 1. The molecule has 1 aliphatic heterocycles. The summed E-state index contributed by atoms with van der Waals surface area (Å²) in [5, 5.41) is 0. The normalized spacial score (nSPS) is 18.6. The lowest BCUT2D eigenvalue weighted by atomic mass is 9.77. The van der Waals surface area contributed by atoms with Gasteiger partial charge < -0.3 is 19.0 Å². The molecular weight excluding hydrogens is 307 g/mol. The zero-order chi connectivity index (χ0) is 17.5. The van der Waals surface area contributed by atoms with Gasteiger partial charge in [-0.3, -0.25) is 0 Å². The molecule has 0 unspecified atom stereocenters. The molecule has 0 aliphatic carbocycles. The fourth-order valence-corrected chi connectivity index (χ4v) is 2.56. The second-order valence-electron chi connectivity index (χ2n) is 6.86. The van der Waals surface area contributed by atoms with Crippen molar-refractivity contribution in [3.63, 3.8) is 0 Å². The van der Waals surface area contributed by atoms with Gasteiger partial charge in [-0.05, 0) is 45.3 Å². The van der Waals surface area contributed by atoms with Gasteiger partial charge in [0.05, 0.1) is 23.9 Å². The first kappa shape index (κ1) is 16.7. The number of benzene rings is 1. The number of hydrogen-bond acceptors (Lipinski definition) is 5. The quantitative estimate of drug-likeness (QED) is 0.690. The number of carbonyl (C=O) groups excluding carboxylic acids is 1. The van der Waals surface area contributed by atoms with Crippen molar-refractivity contribution in [2.24, 2.45) is 0 Å². The average molecular weight is 328 g/mol. The molecule has 2 heterocycles. The molecule has 24 heavy (non-hydrogen) atoms. The summed E-state index contributed by atoms with van der Waals surface area (Å²) in [5.41, 5.74) is 1.04. The Balaban J connectivity index is 2.05. The lowest BCUT2D eigenvalue weighted by molar-refractivity contribution is 0.00578. The molecule has 2 aromatic rings. The molecule has 1 aliphatic rings. The third-order valence-electron chi connectivity index (χ3n) is 4.67. The Bertz CT molecular complexity index is 740. The van der Waals surface area contributed by atoms with E-state index in [4.69, 9.17) is 14.0 Å². The van der Waals surface area contributed by atoms with E-state index in [1.165, 1.54) is 7.11 Å². The molecule has 1 saturated heterocycles. The Morgan fingerprint density at radius 3 is 2.38 bits per heavy atom. The van der Waals surface area contributed by atoms with Crippen molar-refractivity contribution in [2.75, 3.05) is 7.11 Å². The molecule has 0 atom stereocenters. The van der Waals surface area contributed by atoms with Crippen LogP contribution < -0.4 is 5.46 Å². The van der Waals surface area contributed by atoms with Crippen molar-refractivity contribution in [1.29, 1.82) is 0 Å². The summed E-state index contributed by atoms with van der Waals surface area (Å²) in [6.45, 7) is 7.96. The lowest BCUT2D eigenvalue weighted by Crippen LogP contribution is -2.41. The van der Waals surface area contributed by atoms with Crippen LogP contribution in [0.4, 0.5) is 0 Å². The number of methoxy groups -OCH3 is 1. The molecule has 0 radical (unpaired) electrons. The van der Waals surface area contributed by atoms with E-state index in [2.05, 4.69) is 9.97 Å². The highest BCUT2D eigenvalue weighted by atomic mass is 16.7. The Hall–Kier alpha value is -2.12. The first-order valence-corrected chi connectivity index (χ1v) is 7.82. The Kier molecular flexibility index (Phi) is 4.01. The van der Waals surface area contributed by atoms with Gasteiger partial charge in [0, 0.05) is 18.0 Å². The number of carbonyl (C=O) groups is 1. The number of rotatable bonds is 3. The molecule has 126 valence electrons. The maximum Gasteiger partial charge on any atom is 0.494 e. The number of esters is 1. The zero-order valence-electron chi connectivity index (χ0n) is 14.5.